The molecule has 24 heavy (non-hydrogen) atoms. The Morgan fingerprint density at radius 2 is 1.88 bits per heavy atom. The molecule has 0 aromatic carbocycles. The summed E-state index contributed by atoms with van der Waals surface area (Å²) in [5.74, 6) is 1.52. The molecule has 2 rings (SSSR count). The number of likely N-dealkylation sites (N-methyl/N-ethyl adjacent to an activating group) is 1. The number of piperidine rings is 1. The molecule has 1 heterocycles. The molecule has 1 aliphatic heterocycles. The number of hydrogen-bond acceptors (Lipinski definition) is 3. The van der Waals surface area contributed by atoms with Crippen LogP contribution in [0.25, 0.3) is 0 Å². The van der Waals surface area contributed by atoms with Gasteiger partial charge in [0.15, 0.2) is 0 Å². The van der Waals surface area contributed by atoms with Crippen LogP contribution >= 0.6 is 0 Å². The van der Waals surface area contributed by atoms with Crippen LogP contribution in [0, 0.1) is 17.3 Å². The maximum Gasteiger partial charge on any atom is 0.220 e. The Bertz CT molecular complexity index is 386. The Balaban J connectivity index is 1.62. The Morgan fingerprint density at radius 3 is 2.50 bits per heavy atom. The van der Waals surface area contributed by atoms with Gasteiger partial charge in [-0.1, -0.05) is 26.7 Å². The third-order valence-electron chi connectivity index (χ3n) is 6.32. The highest BCUT2D eigenvalue weighted by Gasteiger charge is 2.33. The van der Waals surface area contributed by atoms with Crippen molar-refractivity contribution in [3.63, 3.8) is 0 Å². The molecular weight excluding hydrogens is 298 g/mol. The first kappa shape index (κ1) is 19.7. The average Bonchev–Trinajstić information content (AvgIpc) is 2.54. The van der Waals surface area contributed by atoms with Crippen LogP contribution in [0.15, 0.2) is 0 Å². The maximum absolute atomic E-state index is 12.4. The molecule has 4 nitrogen and oxygen atoms in total. The maximum atomic E-state index is 12.4. The lowest BCUT2D eigenvalue weighted by atomic mass is 9.67. The molecule has 1 aliphatic carbocycles. The van der Waals surface area contributed by atoms with Gasteiger partial charge in [-0.2, -0.15) is 0 Å². The first-order valence-corrected chi connectivity index (χ1v) is 10.0. The Hall–Kier alpha value is -0.610. The van der Waals surface area contributed by atoms with E-state index in [0.29, 0.717) is 17.3 Å². The van der Waals surface area contributed by atoms with E-state index in [9.17, 15) is 4.79 Å². The van der Waals surface area contributed by atoms with Crippen molar-refractivity contribution in [2.75, 3.05) is 46.8 Å². The van der Waals surface area contributed by atoms with Gasteiger partial charge in [0.2, 0.25) is 5.91 Å². The van der Waals surface area contributed by atoms with Gasteiger partial charge in [0.25, 0.3) is 0 Å². The van der Waals surface area contributed by atoms with Crippen LogP contribution in [0.5, 0.6) is 0 Å². The smallest absolute Gasteiger partial charge is 0.220 e. The molecule has 4 heteroatoms. The minimum atomic E-state index is 0.282. The highest BCUT2D eigenvalue weighted by molar-refractivity contribution is 5.76. The number of likely N-dealkylation sites (tertiary alicyclic amines) is 1. The van der Waals surface area contributed by atoms with Gasteiger partial charge in [0.1, 0.15) is 0 Å². The molecule has 1 unspecified atom stereocenters. The van der Waals surface area contributed by atoms with E-state index in [1.54, 1.807) is 0 Å². The average molecular weight is 338 g/mol. The Labute approximate surface area is 149 Å². The van der Waals surface area contributed by atoms with Gasteiger partial charge in [-0.15, -0.1) is 0 Å². The lowest BCUT2D eigenvalue weighted by Crippen LogP contribution is -2.41. The molecule has 1 saturated heterocycles. The Kier molecular flexibility index (Phi) is 7.55. The van der Waals surface area contributed by atoms with Crippen molar-refractivity contribution in [2.45, 2.75) is 58.8 Å². The molecule has 1 amide bonds. The van der Waals surface area contributed by atoms with E-state index in [-0.39, 0.29) is 5.91 Å². The molecule has 0 spiro atoms. The predicted molar refractivity (Wildman–Crippen MR) is 101 cm³/mol. The standard InChI is InChI=1S/C20H39N3O/c1-20(2)10-6-5-7-18(20)15-19(24)21-16-17-8-11-23(12-9-17)14-13-22(3)4/h17-18H,5-16H2,1-4H3,(H,21,24). The SMILES string of the molecule is CN(C)CCN1CCC(CNC(=O)CC2CCCCC2(C)C)CC1. The third kappa shape index (κ3) is 6.36. The highest BCUT2D eigenvalue weighted by Crippen LogP contribution is 2.42. The monoisotopic (exact) mass is 337 g/mol. The van der Waals surface area contributed by atoms with Gasteiger partial charge in [-0.25, -0.2) is 0 Å². The van der Waals surface area contributed by atoms with E-state index in [2.05, 4.69) is 43.1 Å². The predicted octanol–water partition coefficient (Wildman–Crippen LogP) is 2.98. The van der Waals surface area contributed by atoms with Crippen LogP contribution in [0.2, 0.25) is 0 Å². The van der Waals surface area contributed by atoms with Crippen LogP contribution in [0.4, 0.5) is 0 Å². The van der Waals surface area contributed by atoms with Crippen LogP contribution in [0.3, 0.4) is 0 Å². The fourth-order valence-electron chi connectivity index (χ4n) is 4.25. The van der Waals surface area contributed by atoms with E-state index < -0.39 is 0 Å². The number of carbonyl (C=O) groups is 1. The number of amides is 1. The van der Waals surface area contributed by atoms with Crippen molar-refractivity contribution < 1.29 is 4.79 Å². The van der Waals surface area contributed by atoms with Gasteiger partial charge >= 0.3 is 0 Å². The van der Waals surface area contributed by atoms with Crippen molar-refractivity contribution in [1.29, 1.82) is 0 Å². The molecule has 2 fully saturated rings. The quantitative estimate of drug-likeness (QED) is 0.776. The molecule has 1 atom stereocenters. The van der Waals surface area contributed by atoms with E-state index >= 15 is 0 Å². The van der Waals surface area contributed by atoms with Gasteiger partial charge < -0.3 is 15.1 Å². The van der Waals surface area contributed by atoms with Crippen molar-refractivity contribution in [2.24, 2.45) is 17.3 Å². The van der Waals surface area contributed by atoms with Crippen molar-refractivity contribution in [1.82, 2.24) is 15.1 Å². The first-order valence-electron chi connectivity index (χ1n) is 10.0. The fraction of sp³-hybridized carbons (Fsp3) is 0.950. The summed E-state index contributed by atoms with van der Waals surface area (Å²) in [7, 11) is 4.27. The largest absolute Gasteiger partial charge is 0.356 e. The van der Waals surface area contributed by atoms with Crippen LogP contribution in [-0.4, -0.2) is 62.5 Å². The van der Waals surface area contributed by atoms with E-state index in [1.165, 1.54) is 58.2 Å². The first-order chi connectivity index (χ1) is 11.4. The molecule has 2 aliphatic rings. The number of nitrogens with zero attached hydrogens (tertiary/aromatic N) is 2. The van der Waals surface area contributed by atoms with Gasteiger partial charge in [-0.05, 0) is 70.1 Å². The summed E-state index contributed by atoms with van der Waals surface area (Å²) in [6.07, 6.45) is 8.31. The molecule has 0 radical (unpaired) electrons. The fourth-order valence-corrected chi connectivity index (χ4v) is 4.25. The summed E-state index contributed by atoms with van der Waals surface area (Å²) in [6, 6.07) is 0. The molecule has 0 aromatic rings. The van der Waals surface area contributed by atoms with Crippen LogP contribution in [-0.2, 0) is 4.79 Å². The summed E-state index contributed by atoms with van der Waals surface area (Å²) in [6.45, 7) is 10.2. The topological polar surface area (TPSA) is 35.6 Å². The molecule has 0 bridgehead atoms. The summed E-state index contributed by atoms with van der Waals surface area (Å²) >= 11 is 0. The molecular formula is C20H39N3O. The van der Waals surface area contributed by atoms with Crippen LogP contribution < -0.4 is 5.32 Å². The second-order valence-corrected chi connectivity index (χ2v) is 9.03. The zero-order valence-electron chi connectivity index (χ0n) is 16.4. The second kappa shape index (κ2) is 9.19. The minimum Gasteiger partial charge on any atom is -0.356 e. The lowest BCUT2D eigenvalue weighted by molar-refractivity contribution is -0.123. The van der Waals surface area contributed by atoms with E-state index in [1.807, 2.05) is 0 Å². The zero-order valence-corrected chi connectivity index (χ0v) is 16.4. The van der Waals surface area contributed by atoms with Crippen molar-refractivity contribution in [3.8, 4) is 0 Å². The van der Waals surface area contributed by atoms with E-state index in [4.69, 9.17) is 0 Å². The number of rotatable bonds is 7. The van der Waals surface area contributed by atoms with Gasteiger partial charge in [0, 0.05) is 26.1 Å². The second-order valence-electron chi connectivity index (χ2n) is 9.03. The lowest BCUT2D eigenvalue weighted by Gasteiger charge is -2.38. The molecule has 1 N–H and O–H groups in total. The number of nitrogens with one attached hydrogen (secondary N) is 1. The summed E-state index contributed by atoms with van der Waals surface area (Å²) in [4.78, 5) is 17.2. The van der Waals surface area contributed by atoms with E-state index in [0.717, 1.165) is 19.5 Å². The summed E-state index contributed by atoms with van der Waals surface area (Å²) < 4.78 is 0. The normalized spacial score (nSPS) is 25.8. The van der Waals surface area contributed by atoms with Crippen molar-refractivity contribution >= 4 is 5.91 Å². The molecule has 0 aromatic heterocycles. The van der Waals surface area contributed by atoms with Gasteiger partial charge in [-0.3, -0.25) is 4.79 Å². The van der Waals surface area contributed by atoms with Crippen LogP contribution in [0.1, 0.15) is 58.8 Å². The minimum absolute atomic E-state index is 0.282. The zero-order chi connectivity index (χ0) is 17.6. The van der Waals surface area contributed by atoms with Crippen molar-refractivity contribution in [3.05, 3.63) is 0 Å². The number of carbonyl (C=O) groups excluding carboxylic acids is 1. The summed E-state index contributed by atoms with van der Waals surface area (Å²) in [5.41, 5.74) is 0.341. The molecule has 140 valence electrons. The highest BCUT2D eigenvalue weighted by atomic mass is 16.1. The Morgan fingerprint density at radius 1 is 1.17 bits per heavy atom. The third-order valence-corrected chi connectivity index (χ3v) is 6.32. The number of hydrogen-bond donors (Lipinski definition) is 1. The van der Waals surface area contributed by atoms with Gasteiger partial charge in [0.05, 0.1) is 0 Å². The summed E-state index contributed by atoms with van der Waals surface area (Å²) in [5, 5.41) is 3.24. The molecule has 1 saturated carbocycles.